The Hall–Kier alpha value is -1.59. The highest BCUT2D eigenvalue weighted by atomic mass is 16.5. The van der Waals surface area contributed by atoms with E-state index >= 15 is 0 Å². The smallest absolute Gasteiger partial charge is 0.308 e. The van der Waals surface area contributed by atoms with Gasteiger partial charge in [0.2, 0.25) is 5.91 Å². The van der Waals surface area contributed by atoms with Crippen molar-refractivity contribution in [3.63, 3.8) is 0 Å². The Balaban J connectivity index is 2.21. The second-order valence-electron chi connectivity index (χ2n) is 6.62. The van der Waals surface area contributed by atoms with Crippen LogP contribution >= 0.6 is 0 Å². The summed E-state index contributed by atoms with van der Waals surface area (Å²) in [6.45, 7) is 5.91. The lowest BCUT2D eigenvalue weighted by molar-refractivity contribution is -0.149. The quantitative estimate of drug-likeness (QED) is 0.722. The highest BCUT2D eigenvalue weighted by Gasteiger charge is 2.57. The molecule has 22 heavy (non-hydrogen) atoms. The average molecular weight is 311 g/mol. The molecule has 0 spiro atoms. The minimum absolute atomic E-state index is 0.0316. The Morgan fingerprint density at radius 1 is 1.14 bits per heavy atom. The first-order chi connectivity index (χ1) is 10.3. The standard InChI is InChI=1S/C16H25NO5/c1-4-21-14(20)8-16-7-5-6-15(9-16,11-22-13(3)19)10-17(16)12(2)18/h4-11H2,1-3H3/t15-,16+/m0/s1. The Labute approximate surface area is 131 Å². The molecule has 1 amide bonds. The van der Waals surface area contributed by atoms with Gasteiger partial charge in [0.15, 0.2) is 0 Å². The summed E-state index contributed by atoms with van der Waals surface area (Å²) in [5, 5.41) is 0. The third-order valence-electron chi connectivity index (χ3n) is 4.86. The van der Waals surface area contributed by atoms with E-state index in [1.807, 2.05) is 0 Å². The maximum Gasteiger partial charge on any atom is 0.308 e. The van der Waals surface area contributed by atoms with Crippen LogP contribution in [0.4, 0.5) is 0 Å². The van der Waals surface area contributed by atoms with Gasteiger partial charge in [-0.25, -0.2) is 0 Å². The van der Waals surface area contributed by atoms with Crippen LogP contribution < -0.4 is 0 Å². The number of hydrogen-bond donors (Lipinski definition) is 0. The van der Waals surface area contributed by atoms with E-state index in [4.69, 9.17) is 9.47 Å². The van der Waals surface area contributed by atoms with Crippen molar-refractivity contribution in [3.8, 4) is 0 Å². The molecule has 2 bridgehead atoms. The van der Waals surface area contributed by atoms with Gasteiger partial charge in [0, 0.05) is 25.8 Å². The fraction of sp³-hybridized carbons (Fsp3) is 0.812. The third kappa shape index (κ3) is 3.25. The molecule has 1 aliphatic heterocycles. The molecule has 1 heterocycles. The summed E-state index contributed by atoms with van der Waals surface area (Å²) >= 11 is 0. The maximum atomic E-state index is 12.1. The van der Waals surface area contributed by atoms with Crippen LogP contribution in [0.25, 0.3) is 0 Å². The zero-order valence-electron chi connectivity index (χ0n) is 13.6. The van der Waals surface area contributed by atoms with Gasteiger partial charge in [0.25, 0.3) is 0 Å². The molecule has 2 rings (SSSR count). The summed E-state index contributed by atoms with van der Waals surface area (Å²) in [6.07, 6.45) is 3.56. The summed E-state index contributed by atoms with van der Waals surface area (Å²) in [4.78, 5) is 37.0. The van der Waals surface area contributed by atoms with E-state index in [1.54, 1.807) is 11.8 Å². The van der Waals surface area contributed by atoms with E-state index in [2.05, 4.69) is 0 Å². The number of fused-ring (bicyclic) bond motifs is 2. The molecule has 0 aromatic carbocycles. The molecule has 0 unspecified atom stereocenters. The molecule has 2 fully saturated rings. The predicted octanol–water partition coefficient (Wildman–Crippen LogP) is 1.66. The van der Waals surface area contributed by atoms with Crippen LogP contribution in [0, 0.1) is 5.41 Å². The van der Waals surface area contributed by atoms with Gasteiger partial charge >= 0.3 is 11.9 Å². The maximum absolute atomic E-state index is 12.1. The van der Waals surface area contributed by atoms with E-state index in [1.165, 1.54) is 13.8 Å². The number of likely N-dealkylation sites (tertiary alicyclic amines) is 1. The van der Waals surface area contributed by atoms with Crippen molar-refractivity contribution in [3.05, 3.63) is 0 Å². The number of rotatable bonds is 5. The number of nitrogens with zero attached hydrogens (tertiary/aromatic N) is 1. The monoisotopic (exact) mass is 311 g/mol. The van der Waals surface area contributed by atoms with E-state index < -0.39 is 5.54 Å². The van der Waals surface area contributed by atoms with Crippen LogP contribution in [0.15, 0.2) is 0 Å². The first-order valence-electron chi connectivity index (χ1n) is 7.90. The van der Waals surface area contributed by atoms with Gasteiger partial charge in [-0.1, -0.05) is 6.42 Å². The number of carbonyl (C=O) groups excluding carboxylic acids is 3. The Morgan fingerprint density at radius 2 is 1.86 bits per heavy atom. The minimum Gasteiger partial charge on any atom is -0.466 e. The second-order valence-corrected chi connectivity index (χ2v) is 6.62. The summed E-state index contributed by atoms with van der Waals surface area (Å²) in [6, 6.07) is 0. The van der Waals surface area contributed by atoms with Crippen LogP contribution in [0.3, 0.4) is 0 Å². The van der Waals surface area contributed by atoms with Gasteiger partial charge in [-0.05, 0) is 26.2 Å². The van der Waals surface area contributed by atoms with E-state index in [9.17, 15) is 14.4 Å². The van der Waals surface area contributed by atoms with Crippen LogP contribution in [-0.4, -0.2) is 48.0 Å². The molecule has 6 heteroatoms. The van der Waals surface area contributed by atoms with Gasteiger partial charge in [0.1, 0.15) is 0 Å². The largest absolute Gasteiger partial charge is 0.466 e. The number of ether oxygens (including phenoxy) is 2. The molecule has 2 aliphatic rings. The lowest BCUT2D eigenvalue weighted by Gasteiger charge is -2.40. The molecule has 1 aliphatic carbocycles. The van der Waals surface area contributed by atoms with Gasteiger partial charge in [0.05, 0.1) is 25.2 Å². The molecule has 0 N–H and O–H groups in total. The lowest BCUT2D eigenvalue weighted by atomic mass is 9.69. The zero-order valence-corrected chi connectivity index (χ0v) is 13.6. The summed E-state index contributed by atoms with van der Waals surface area (Å²) in [7, 11) is 0. The van der Waals surface area contributed by atoms with E-state index in [0.29, 0.717) is 26.2 Å². The highest BCUT2D eigenvalue weighted by molar-refractivity contribution is 5.78. The van der Waals surface area contributed by atoms with Crippen molar-refractivity contribution < 1.29 is 23.9 Å². The van der Waals surface area contributed by atoms with Crippen molar-refractivity contribution in [2.24, 2.45) is 5.41 Å². The SMILES string of the molecule is CCOC(=O)C[C@@]12CCC[C@@](COC(C)=O)(CN1C(C)=O)C2. The molecule has 0 aromatic rings. The van der Waals surface area contributed by atoms with Crippen molar-refractivity contribution in [1.82, 2.24) is 4.90 Å². The Kier molecular flexibility index (Phi) is 4.78. The molecule has 124 valence electrons. The minimum atomic E-state index is -0.476. The van der Waals surface area contributed by atoms with Crippen molar-refractivity contribution in [2.45, 2.75) is 58.4 Å². The van der Waals surface area contributed by atoms with Crippen LogP contribution in [0.2, 0.25) is 0 Å². The molecule has 2 atom stereocenters. The summed E-state index contributed by atoms with van der Waals surface area (Å²) < 4.78 is 10.3. The normalized spacial score (nSPS) is 30.0. The number of amides is 1. The van der Waals surface area contributed by atoms with Crippen molar-refractivity contribution in [1.29, 1.82) is 0 Å². The average Bonchev–Trinajstić information content (AvgIpc) is 2.65. The lowest BCUT2D eigenvalue weighted by Crippen LogP contribution is -2.48. The first-order valence-corrected chi connectivity index (χ1v) is 7.90. The van der Waals surface area contributed by atoms with Gasteiger partial charge in [-0.15, -0.1) is 0 Å². The topological polar surface area (TPSA) is 72.9 Å². The Morgan fingerprint density at radius 3 is 2.45 bits per heavy atom. The van der Waals surface area contributed by atoms with Gasteiger partial charge in [-0.2, -0.15) is 0 Å². The summed E-state index contributed by atoms with van der Waals surface area (Å²) in [5.74, 6) is -0.605. The van der Waals surface area contributed by atoms with E-state index in [0.717, 1.165) is 19.3 Å². The Bertz CT molecular complexity index is 477. The molecule has 6 nitrogen and oxygen atoms in total. The van der Waals surface area contributed by atoms with Gasteiger partial charge < -0.3 is 14.4 Å². The van der Waals surface area contributed by atoms with Crippen LogP contribution in [0.5, 0.6) is 0 Å². The fourth-order valence-corrected chi connectivity index (χ4v) is 4.13. The fourth-order valence-electron chi connectivity index (χ4n) is 4.13. The first kappa shape index (κ1) is 16.8. The second kappa shape index (κ2) is 6.26. The molecule has 1 saturated carbocycles. The van der Waals surface area contributed by atoms with Gasteiger partial charge in [-0.3, -0.25) is 14.4 Å². The molecule has 0 radical (unpaired) electrons. The summed E-state index contributed by atoms with van der Waals surface area (Å²) in [5.41, 5.74) is -0.696. The molecular weight excluding hydrogens is 286 g/mol. The van der Waals surface area contributed by atoms with E-state index in [-0.39, 0.29) is 29.7 Å². The van der Waals surface area contributed by atoms with Crippen molar-refractivity contribution in [2.75, 3.05) is 19.8 Å². The molecule has 1 saturated heterocycles. The molecular formula is C16H25NO5. The number of carbonyl (C=O) groups is 3. The zero-order chi connectivity index (χ0) is 16.4. The highest BCUT2D eigenvalue weighted by Crippen LogP contribution is 2.53. The third-order valence-corrected chi connectivity index (χ3v) is 4.86. The predicted molar refractivity (Wildman–Crippen MR) is 78.9 cm³/mol. The van der Waals surface area contributed by atoms with Crippen molar-refractivity contribution >= 4 is 17.8 Å². The number of esters is 2. The van der Waals surface area contributed by atoms with Crippen LogP contribution in [-0.2, 0) is 23.9 Å². The molecule has 0 aromatic heterocycles. The van der Waals surface area contributed by atoms with Crippen LogP contribution in [0.1, 0.15) is 52.9 Å². The number of hydrogen-bond acceptors (Lipinski definition) is 5.